The highest BCUT2D eigenvalue weighted by Crippen LogP contribution is 2.20. The number of alkyl halides is 1. The summed E-state index contributed by atoms with van der Waals surface area (Å²) in [6.45, 7) is 9.89. The molecule has 0 bridgehead atoms. The molecule has 0 aromatic carbocycles. The van der Waals surface area contributed by atoms with Crippen molar-refractivity contribution in [2.45, 2.75) is 33.7 Å². The summed E-state index contributed by atoms with van der Waals surface area (Å²) >= 11 is 5.62. The monoisotopic (exact) mass is 428 g/mol. The van der Waals surface area contributed by atoms with Gasteiger partial charge < -0.3 is 5.32 Å². The van der Waals surface area contributed by atoms with E-state index >= 15 is 0 Å². The van der Waals surface area contributed by atoms with E-state index in [1.54, 1.807) is 10.5 Å². The third kappa shape index (κ3) is 6.85. The van der Waals surface area contributed by atoms with Gasteiger partial charge in [0.15, 0.2) is 0 Å². The summed E-state index contributed by atoms with van der Waals surface area (Å²) in [4.78, 5) is 10.6. The molecular formula is C18H29ClN6O2S. The van der Waals surface area contributed by atoms with E-state index in [0.717, 1.165) is 5.56 Å². The van der Waals surface area contributed by atoms with Crippen molar-refractivity contribution in [1.82, 2.24) is 19.2 Å². The lowest BCUT2D eigenvalue weighted by Crippen LogP contribution is -2.48. The first-order valence-electron chi connectivity index (χ1n) is 9.40. The molecule has 0 radical (unpaired) electrons. The van der Waals surface area contributed by atoms with E-state index in [9.17, 15) is 8.42 Å². The molecule has 1 aromatic heterocycles. The number of aromatic nitrogens is 2. The van der Waals surface area contributed by atoms with Gasteiger partial charge in [0.05, 0.1) is 5.75 Å². The fraction of sp³-hybridized carbons (Fsp3) is 0.722. The Morgan fingerprint density at radius 3 is 2.54 bits per heavy atom. The van der Waals surface area contributed by atoms with Gasteiger partial charge in [0.25, 0.3) is 0 Å². The maximum absolute atomic E-state index is 12.3. The molecule has 1 aliphatic rings. The van der Waals surface area contributed by atoms with Crippen molar-refractivity contribution in [3.8, 4) is 6.07 Å². The number of nitrogens with one attached hydrogen (secondary N) is 1. The second-order valence-corrected chi connectivity index (χ2v) is 10.6. The number of anilines is 1. The number of hydrogen-bond donors (Lipinski definition) is 1. The van der Waals surface area contributed by atoms with Gasteiger partial charge in [-0.15, -0.1) is 11.6 Å². The summed E-state index contributed by atoms with van der Waals surface area (Å²) in [6.07, 6.45) is 2.15. The molecule has 0 amide bonds. The lowest BCUT2D eigenvalue weighted by Gasteiger charge is -2.34. The number of sulfonamides is 1. The zero-order valence-electron chi connectivity index (χ0n) is 16.8. The predicted molar refractivity (Wildman–Crippen MR) is 111 cm³/mol. The van der Waals surface area contributed by atoms with Gasteiger partial charge in [0.1, 0.15) is 11.9 Å². The van der Waals surface area contributed by atoms with Gasteiger partial charge in [-0.2, -0.15) is 9.57 Å². The van der Waals surface area contributed by atoms with Crippen molar-refractivity contribution in [2.75, 3.05) is 49.7 Å². The van der Waals surface area contributed by atoms with E-state index < -0.39 is 10.0 Å². The van der Waals surface area contributed by atoms with E-state index in [4.69, 9.17) is 16.9 Å². The lowest BCUT2D eigenvalue weighted by molar-refractivity contribution is 0.181. The van der Waals surface area contributed by atoms with Gasteiger partial charge >= 0.3 is 0 Å². The Hall–Kier alpha value is -1.47. The van der Waals surface area contributed by atoms with E-state index in [-0.39, 0.29) is 17.0 Å². The van der Waals surface area contributed by atoms with Crippen LogP contribution in [-0.2, 0) is 16.6 Å². The quantitative estimate of drug-likeness (QED) is 0.630. The number of nitriles is 1. The number of nitrogens with zero attached hydrogens (tertiary/aromatic N) is 5. The zero-order chi connectivity index (χ0) is 20.8. The maximum atomic E-state index is 12.3. The van der Waals surface area contributed by atoms with Gasteiger partial charge in [-0.25, -0.2) is 18.4 Å². The van der Waals surface area contributed by atoms with Crippen LogP contribution in [0.25, 0.3) is 0 Å². The Morgan fingerprint density at radius 2 is 1.96 bits per heavy atom. The smallest absolute Gasteiger partial charge is 0.234 e. The van der Waals surface area contributed by atoms with E-state index in [2.05, 4.69) is 41.0 Å². The first kappa shape index (κ1) is 22.8. The summed E-state index contributed by atoms with van der Waals surface area (Å²) in [6, 6.07) is 1.98. The summed E-state index contributed by atoms with van der Waals surface area (Å²) in [7, 11) is -3.23. The predicted octanol–water partition coefficient (Wildman–Crippen LogP) is 1.88. The number of halogens is 1. The fourth-order valence-corrected chi connectivity index (χ4v) is 4.63. The molecule has 28 heavy (non-hydrogen) atoms. The highest BCUT2D eigenvalue weighted by atomic mass is 35.5. The van der Waals surface area contributed by atoms with Crippen LogP contribution in [0.15, 0.2) is 6.20 Å². The topological polar surface area (TPSA) is 102 Å². The molecule has 1 fully saturated rings. The molecule has 2 heterocycles. The van der Waals surface area contributed by atoms with Crippen molar-refractivity contribution in [1.29, 1.82) is 5.26 Å². The standard InChI is InChI=1S/C18H29ClN6O2S/c1-18(2,3)14-22-17-15(12-21-16(11-20)23-17)13-24-6-8-25(9-7-24)28(26,27)10-4-5-19/h12H,4-10,13-14H2,1-3H3,(H,21,22,23). The summed E-state index contributed by atoms with van der Waals surface area (Å²) < 4.78 is 26.1. The van der Waals surface area contributed by atoms with Gasteiger partial charge in [-0.05, 0) is 11.8 Å². The summed E-state index contributed by atoms with van der Waals surface area (Å²) in [5.41, 5.74) is 0.972. The van der Waals surface area contributed by atoms with Crippen molar-refractivity contribution >= 4 is 27.4 Å². The average molecular weight is 429 g/mol. The Bertz CT molecular complexity index is 795. The fourth-order valence-electron chi connectivity index (χ4n) is 2.85. The Morgan fingerprint density at radius 1 is 1.29 bits per heavy atom. The number of hydrogen-bond acceptors (Lipinski definition) is 7. The Labute approximate surface area is 173 Å². The highest BCUT2D eigenvalue weighted by molar-refractivity contribution is 7.89. The molecule has 0 unspecified atom stereocenters. The minimum atomic E-state index is -3.23. The second kappa shape index (κ2) is 9.83. The maximum Gasteiger partial charge on any atom is 0.234 e. The molecule has 0 saturated carbocycles. The van der Waals surface area contributed by atoms with Crippen LogP contribution in [0.3, 0.4) is 0 Å². The van der Waals surface area contributed by atoms with Gasteiger partial charge in [0.2, 0.25) is 15.8 Å². The molecule has 1 N–H and O–H groups in total. The highest BCUT2D eigenvalue weighted by Gasteiger charge is 2.27. The molecule has 0 atom stereocenters. The average Bonchev–Trinajstić information content (AvgIpc) is 2.65. The van der Waals surface area contributed by atoms with Crippen LogP contribution in [0.4, 0.5) is 5.82 Å². The van der Waals surface area contributed by atoms with E-state index in [0.29, 0.717) is 57.4 Å². The molecule has 1 saturated heterocycles. The van der Waals surface area contributed by atoms with Gasteiger partial charge in [-0.1, -0.05) is 20.8 Å². The molecule has 8 nitrogen and oxygen atoms in total. The van der Waals surface area contributed by atoms with Crippen LogP contribution in [0.5, 0.6) is 0 Å². The second-order valence-electron chi connectivity index (χ2n) is 8.13. The third-order valence-corrected chi connectivity index (χ3v) is 6.63. The van der Waals surface area contributed by atoms with Gasteiger partial charge in [-0.3, -0.25) is 4.90 Å². The zero-order valence-corrected chi connectivity index (χ0v) is 18.4. The van der Waals surface area contributed by atoms with Crippen LogP contribution >= 0.6 is 11.6 Å². The first-order chi connectivity index (χ1) is 13.1. The van der Waals surface area contributed by atoms with Crippen LogP contribution < -0.4 is 5.32 Å². The normalized spacial score (nSPS) is 16.7. The Kier molecular flexibility index (Phi) is 8.01. The van der Waals surface area contributed by atoms with Crippen molar-refractivity contribution in [3.05, 3.63) is 17.6 Å². The molecule has 0 spiro atoms. The third-order valence-electron chi connectivity index (χ3n) is 4.41. The molecule has 0 aliphatic carbocycles. The van der Waals surface area contributed by atoms with Crippen molar-refractivity contribution in [3.63, 3.8) is 0 Å². The lowest BCUT2D eigenvalue weighted by atomic mass is 9.97. The van der Waals surface area contributed by atoms with E-state index in [1.807, 2.05) is 6.07 Å². The van der Waals surface area contributed by atoms with E-state index in [1.165, 1.54) is 0 Å². The molecule has 10 heteroatoms. The summed E-state index contributed by atoms with van der Waals surface area (Å²) in [5, 5.41) is 12.4. The van der Waals surface area contributed by atoms with Crippen LogP contribution in [0, 0.1) is 16.7 Å². The summed E-state index contributed by atoms with van der Waals surface area (Å²) in [5.74, 6) is 1.25. The minimum Gasteiger partial charge on any atom is -0.369 e. The largest absolute Gasteiger partial charge is 0.369 e. The molecule has 1 aromatic rings. The first-order valence-corrected chi connectivity index (χ1v) is 11.5. The Balaban J connectivity index is 2.01. The van der Waals surface area contributed by atoms with Crippen LogP contribution in [-0.4, -0.2) is 71.9 Å². The molecule has 1 aliphatic heterocycles. The van der Waals surface area contributed by atoms with Crippen LogP contribution in [0.1, 0.15) is 38.6 Å². The SMILES string of the molecule is CC(C)(C)CNc1nc(C#N)ncc1CN1CCN(S(=O)(=O)CCCCl)CC1. The molecule has 2 rings (SSSR count). The van der Waals surface area contributed by atoms with Crippen LogP contribution in [0.2, 0.25) is 0 Å². The number of rotatable bonds is 8. The number of piperazine rings is 1. The van der Waals surface area contributed by atoms with Gasteiger partial charge in [0, 0.05) is 56.9 Å². The molecule has 156 valence electrons. The molecular weight excluding hydrogens is 400 g/mol. The van der Waals surface area contributed by atoms with Crippen molar-refractivity contribution < 1.29 is 8.42 Å². The van der Waals surface area contributed by atoms with Crippen molar-refractivity contribution in [2.24, 2.45) is 5.41 Å². The minimum absolute atomic E-state index is 0.0675.